The van der Waals surface area contributed by atoms with Crippen LogP contribution in [0.15, 0.2) is 47.0 Å². The average molecular weight is 464 g/mol. The molecule has 9 nitrogen and oxygen atoms in total. The number of para-hydroxylation sites is 1. The van der Waals surface area contributed by atoms with E-state index in [9.17, 15) is 4.79 Å². The molecule has 1 fully saturated rings. The van der Waals surface area contributed by atoms with Gasteiger partial charge in [0.25, 0.3) is 11.8 Å². The smallest absolute Gasteiger partial charge is 0.266 e. The standard InChI is InChI=1S/C25H29N5O4/c1-29-12-14-30(15-13-29)20-5-3-4-17-10-11-25(24(26)31,33-22(17)20)19-8-6-18(7-9-19)23-27-21(16-32-2)28-34-23/h3-9H,10-16H2,1-2H3,(H2,26,31). The van der Waals surface area contributed by atoms with Crippen molar-refractivity contribution in [1.82, 2.24) is 15.0 Å². The summed E-state index contributed by atoms with van der Waals surface area (Å²) in [7, 11) is 3.70. The zero-order chi connectivity index (χ0) is 23.7. The van der Waals surface area contributed by atoms with Crippen LogP contribution in [0.25, 0.3) is 11.5 Å². The number of methoxy groups -OCH3 is 1. The van der Waals surface area contributed by atoms with Crippen molar-refractivity contribution in [3.63, 3.8) is 0 Å². The minimum absolute atomic E-state index is 0.273. The van der Waals surface area contributed by atoms with Gasteiger partial charge >= 0.3 is 0 Å². The van der Waals surface area contributed by atoms with Crippen LogP contribution in [0.4, 0.5) is 5.69 Å². The monoisotopic (exact) mass is 463 g/mol. The lowest BCUT2D eigenvalue weighted by molar-refractivity contribution is -0.135. The summed E-state index contributed by atoms with van der Waals surface area (Å²) in [5.41, 5.74) is 8.31. The molecule has 0 spiro atoms. The van der Waals surface area contributed by atoms with Crippen molar-refractivity contribution in [3.05, 3.63) is 59.4 Å². The summed E-state index contributed by atoms with van der Waals surface area (Å²) in [6, 6.07) is 13.6. The summed E-state index contributed by atoms with van der Waals surface area (Å²) in [6.07, 6.45) is 1.17. The highest BCUT2D eigenvalue weighted by Gasteiger charge is 2.45. The lowest BCUT2D eigenvalue weighted by atomic mass is 9.83. The molecule has 2 aliphatic heterocycles. The Kier molecular flexibility index (Phi) is 5.97. The molecular weight excluding hydrogens is 434 g/mol. The quantitative estimate of drug-likeness (QED) is 0.594. The van der Waals surface area contributed by atoms with Crippen molar-refractivity contribution >= 4 is 11.6 Å². The van der Waals surface area contributed by atoms with E-state index in [4.69, 9.17) is 19.7 Å². The second-order valence-corrected chi connectivity index (χ2v) is 8.88. The Labute approximate surface area is 198 Å². The number of aryl methyl sites for hydroxylation is 1. The fourth-order valence-electron chi connectivity index (χ4n) is 4.68. The van der Waals surface area contributed by atoms with Gasteiger partial charge in [-0.05, 0) is 37.2 Å². The zero-order valence-electron chi connectivity index (χ0n) is 19.5. The van der Waals surface area contributed by atoms with Crippen molar-refractivity contribution < 1.29 is 18.8 Å². The van der Waals surface area contributed by atoms with Crippen LogP contribution >= 0.6 is 0 Å². The van der Waals surface area contributed by atoms with E-state index < -0.39 is 11.5 Å². The van der Waals surface area contributed by atoms with Gasteiger partial charge in [0.05, 0.1) is 5.69 Å². The number of nitrogens with two attached hydrogens (primary N) is 1. The van der Waals surface area contributed by atoms with Crippen molar-refractivity contribution in [3.8, 4) is 17.2 Å². The van der Waals surface area contributed by atoms with Gasteiger partial charge in [-0.1, -0.05) is 29.4 Å². The van der Waals surface area contributed by atoms with Gasteiger partial charge in [-0.15, -0.1) is 0 Å². The summed E-state index contributed by atoms with van der Waals surface area (Å²) in [5.74, 6) is 1.11. The Balaban J connectivity index is 1.46. The molecule has 3 aromatic rings. The van der Waals surface area contributed by atoms with Crippen LogP contribution in [0.1, 0.15) is 23.4 Å². The number of piperazine rings is 1. The third-order valence-electron chi connectivity index (χ3n) is 6.68. The third-order valence-corrected chi connectivity index (χ3v) is 6.68. The van der Waals surface area contributed by atoms with Gasteiger partial charge in [-0.25, -0.2) is 0 Å². The SMILES string of the molecule is COCc1noc(-c2ccc(C3(C(N)=O)CCc4cccc(N5CCN(C)CC5)c4O3)cc2)n1. The van der Waals surface area contributed by atoms with Gasteiger partial charge < -0.3 is 29.5 Å². The number of amides is 1. The van der Waals surface area contributed by atoms with Gasteiger partial charge in [0, 0.05) is 50.8 Å². The highest BCUT2D eigenvalue weighted by atomic mass is 16.5. The number of carbonyl (C=O) groups excluding carboxylic acids is 1. The molecule has 9 heteroatoms. The normalized spacial score (nSPS) is 20.6. The van der Waals surface area contributed by atoms with Crippen molar-refractivity contribution in [2.75, 3.05) is 45.2 Å². The van der Waals surface area contributed by atoms with Gasteiger partial charge in [-0.2, -0.15) is 4.98 Å². The summed E-state index contributed by atoms with van der Waals surface area (Å²) in [4.78, 5) is 21.8. The molecule has 1 saturated heterocycles. The van der Waals surface area contributed by atoms with Gasteiger partial charge in [0.1, 0.15) is 12.4 Å². The maximum absolute atomic E-state index is 12.9. The summed E-state index contributed by atoms with van der Waals surface area (Å²) in [5, 5.41) is 3.90. The molecule has 2 aliphatic rings. The molecule has 0 bridgehead atoms. The maximum Gasteiger partial charge on any atom is 0.266 e. The number of aromatic nitrogens is 2. The predicted molar refractivity (Wildman–Crippen MR) is 126 cm³/mol. The molecule has 5 rings (SSSR count). The van der Waals surface area contributed by atoms with Crippen molar-refractivity contribution in [1.29, 1.82) is 0 Å². The molecule has 0 radical (unpaired) electrons. The van der Waals surface area contributed by atoms with Gasteiger partial charge in [-0.3, -0.25) is 4.79 Å². The minimum atomic E-state index is -1.25. The number of benzene rings is 2. The average Bonchev–Trinajstić information content (AvgIpc) is 3.33. The maximum atomic E-state index is 12.9. The van der Waals surface area contributed by atoms with Gasteiger partial charge in [0.15, 0.2) is 5.82 Å². The highest BCUT2D eigenvalue weighted by Crippen LogP contribution is 2.45. The van der Waals surface area contributed by atoms with Crippen LogP contribution in [-0.4, -0.2) is 61.3 Å². The molecule has 2 N–H and O–H groups in total. The highest BCUT2D eigenvalue weighted by molar-refractivity contribution is 5.86. The summed E-state index contributed by atoms with van der Waals surface area (Å²) >= 11 is 0. The minimum Gasteiger partial charge on any atom is -0.470 e. The Hall–Kier alpha value is -3.43. The van der Waals surface area contributed by atoms with Crippen LogP contribution < -0.4 is 15.4 Å². The predicted octanol–water partition coefficient (Wildman–Crippen LogP) is 2.34. The van der Waals surface area contributed by atoms with Crippen LogP contribution in [-0.2, 0) is 28.2 Å². The molecular formula is C25H29N5O4. The number of carbonyl (C=O) groups is 1. The number of anilines is 1. The number of hydrogen-bond donors (Lipinski definition) is 1. The molecule has 1 unspecified atom stereocenters. The summed E-state index contributed by atoms with van der Waals surface area (Å²) < 4.78 is 16.9. The molecule has 1 aromatic heterocycles. The molecule has 0 saturated carbocycles. The van der Waals surface area contributed by atoms with Gasteiger partial charge in [0.2, 0.25) is 5.60 Å². The molecule has 1 amide bonds. The van der Waals surface area contributed by atoms with E-state index in [0.717, 1.165) is 48.7 Å². The van der Waals surface area contributed by atoms with Crippen LogP contribution in [0.2, 0.25) is 0 Å². The number of rotatable bonds is 6. The Morgan fingerprint density at radius 2 is 1.91 bits per heavy atom. The topological polar surface area (TPSA) is 107 Å². The molecule has 178 valence electrons. The first-order valence-electron chi connectivity index (χ1n) is 11.5. The first kappa shape index (κ1) is 22.4. The Morgan fingerprint density at radius 3 is 2.62 bits per heavy atom. The second kappa shape index (κ2) is 9.08. The second-order valence-electron chi connectivity index (χ2n) is 8.88. The lowest BCUT2D eigenvalue weighted by Gasteiger charge is -2.40. The molecule has 1 atom stereocenters. The molecule has 2 aromatic carbocycles. The molecule has 0 aliphatic carbocycles. The largest absolute Gasteiger partial charge is 0.470 e. The number of nitrogens with zero attached hydrogens (tertiary/aromatic N) is 4. The number of ether oxygens (including phenoxy) is 2. The first-order valence-corrected chi connectivity index (χ1v) is 11.5. The molecule has 3 heterocycles. The van der Waals surface area contributed by atoms with E-state index in [-0.39, 0.29) is 6.61 Å². The van der Waals surface area contributed by atoms with E-state index in [1.54, 1.807) is 7.11 Å². The third kappa shape index (κ3) is 4.01. The van der Waals surface area contributed by atoms with Crippen molar-refractivity contribution in [2.45, 2.75) is 25.0 Å². The lowest BCUT2D eigenvalue weighted by Crippen LogP contribution is -2.49. The molecule has 34 heavy (non-hydrogen) atoms. The van der Waals surface area contributed by atoms with Crippen molar-refractivity contribution in [2.24, 2.45) is 5.73 Å². The van der Waals surface area contributed by atoms with E-state index in [2.05, 4.69) is 45.2 Å². The number of hydrogen-bond acceptors (Lipinski definition) is 8. The number of fused-ring (bicyclic) bond motifs is 1. The van der Waals surface area contributed by atoms with E-state index >= 15 is 0 Å². The van der Waals surface area contributed by atoms with Crippen LogP contribution in [0.5, 0.6) is 5.75 Å². The fraction of sp³-hybridized carbons (Fsp3) is 0.400. The van der Waals surface area contributed by atoms with E-state index in [1.165, 1.54) is 0 Å². The first-order chi connectivity index (χ1) is 16.5. The summed E-state index contributed by atoms with van der Waals surface area (Å²) in [6.45, 7) is 4.05. The Bertz CT molecular complexity index is 1170. The van der Waals surface area contributed by atoms with Crippen LogP contribution in [0.3, 0.4) is 0 Å². The van der Waals surface area contributed by atoms with Crippen LogP contribution in [0, 0.1) is 0 Å². The fourth-order valence-corrected chi connectivity index (χ4v) is 4.68. The van der Waals surface area contributed by atoms with E-state index in [1.807, 2.05) is 24.3 Å². The number of likely N-dealkylation sites (N-methyl/N-ethyl adjacent to an activating group) is 1. The zero-order valence-corrected chi connectivity index (χ0v) is 19.5. The van der Waals surface area contributed by atoms with E-state index in [0.29, 0.717) is 30.1 Å². The Morgan fingerprint density at radius 1 is 1.15 bits per heavy atom. The number of primary amides is 1.